The Morgan fingerprint density at radius 3 is 2.58 bits per heavy atom. The van der Waals surface area contributed by atoms with Crippen LogP contribution in [0.25, 0.3) is 11.1 Å². The number of fused-ring (bicyclic) bond motifs is 1. The number of thioether (sulfide) groups is 1. The largest absolute Gasteiger partial charge is 0.431 e. The van der Waals surface area contributed by atoms with Crippen molar-refractivity contribution < 1.29 is 9.21 Å². The normalized spacial score (nSPS) is 16.0. The zero-order valence-corrected chi connectivity index (χ0v) is 18.0. The first-order valence-corrected chi connectivity index (χ1v) is 11.2. The summed E-state index contributed by atoms with van der Waals surface area (Å²) in [7, 11) is 0. The fourth-order valence-electron chi connectivity index (χ4n) is 3.61. The molecule has 2 heterocycles. The zero-order chi connectivity index (χ0) is 21.2. The van der Waals surface area contributed by atoms with Crippen molar-refractivity contribution in [3.8, 4) is 0 Å². The smallest absolute Gasteiger partial charge is 0.257 e. The lowest BCUT2D eigenvalue weighted by atomic mass is 9.98. The Kier molecular flexibility index (Phi) is 5.49. The fourth-order valence-corrected chi connectivity index (χ4v) is 4.47. The lowest BCUT2D eigenvalue weighted by molar-refractivity contribution is -0.130. The SMILES string of the molecule is O=C(CSc1nc2cc(Cl)ccc2o1)N1N=C(c2ccccc2)C[C@@H]1c1ccccc1. The van der Waals surface area contributed by atoms with Gasteiger partial charge >= 0.3 is 0 Å². The maximum absolute atomic E-state index is 13.2. The van der Waals surface area contributed by atoms with Crippen molar-refractivity contribution >= 4 is 46.1 Å². The van der Waals surface area contributed by atoms with Gasteiger partial charge in [-0.2, -0.15) is 5.10 Å². The van der Waals surface area contributed by atoms with Crippen LogP contribution in [0.2, 0.25) is 5.02 Å². The molecule has 0 fully saturated rings. The van der Waals surface area contributed by atoms with Crippen LogP contribution in [0.3, 0.4) is 0 Å². The second-order valence-electron chi connectivity index (χ2n) is 7.16. The van der Waals surface area contributed by atoms with Gasteiger partial charge in [-0.05, 0) is 29.3 Å². The van der Waals surface area contributed by atoms with E-state index in [-0.39, 0.29) is 17.7 Å². The molecule has 1 atom stereocenters. The molecule has 0 radical (unpaired) electrons. The fraction of sp³-hybridized carbons (Fsp3) is 0.125. The highest BCUT2D eigenvalue weighted by Gasteiger charge is 2.33. The Labute approximate surface area is 188 Å². The van der Waals surface area contributed by atoms with E-state index in [9.17, 15) is 4.79 Å². The summed E-state index contributed by atoms with van der Waals surface area (Å²) in [6, 6.07) is 25.1. The number of carbonyl (C=O) groups excluding carboxylic acids is 1. The van der Waals surface area contributed by atoms with Crippen molar-refractivity contribution in [2.75, 3.05) is 5.75 Å². The van der Waals surface area contributed by atoms with Gasteiger partial charge in [0.05, 0.1) is 17.5 Å². The minimum Gasteiger partial charge on any atom is -0.431 e. The van der Waals surface area contributed by atoms with Gasteiger partial charge in [0.1, 0.15) is 5.52 Å². The van der Waals surface area contributed by atoms with E-state index in [1.54, 1.807) is 23.2 Å². The molecule has 1 aliphatic rings. The molecule has 1 aromatic heterocycles. The number of aromatic nitrogens is 1. The number of hydrogen-bond acceptors (Lipinski definition) is 5. The minimum absolute atomic E-state index is 0.0925. The van der Waals surface area contributed by atoms with Crippen molar-refractivity contribution in [2.45, 2.75) is 17.7 Å². The third kappa shape index (κ3) is 4.22. The molecule has 7 heteroatoms. The Bertz CT molecular complexity index is 1260. The van der Waals surface area contributed by atoms with Gasteiger partial charge in [0.25, 0.3) is 11.1 Å². The van der Waals surface area contributed by atoms with Gasteiger partial charge in [0.15, 0.2) is 5.58 Å². The summed E-state index contributed by atoms with van der Waals surface area (Å²) in [6.07, 6.45) is 0.672. The molecule has 0 unspecified atom stereocenters. The number of hydrogen-bond donors (Lipinski definition) is 0. The molecule has 1 amide bonds. The molecule has 5 nitrogen and oxygen atoms in total. The average Bonchev–Trinajstić information content (AvgIpc) is 3.43. The molecule has 154 valence electrons. The van der Waals surface area contributed by atoms with E-state index in [2.05, 4.69) is 4.98 Å². The van der Waals surface area contributed by atoms with E-state index in [0.29, 0.717) is 27.8 Å². The molecule has 3 aromatic carbocycles. The maximum atomic E-state index is 13.2. The Morgan fingerprint density at radius 2 is 1.81 bits per heavy atom. The molecule has 1 aliphatic heterocycles. The van der Waals surface area contributed by atoms with E-state index in [0.717, 1.165) is 16.8 Å². The van der Waals surface area contributed by atoms with E-state index < -0.39 is 0 Å². The highest BCUT2D eigenvalue weighted by molar-refractivity contribution is 7.99. The van der Waals surface area contributed by atoms with Crippen molar-refractivity contribution in [3.63, 3.8) is 0 Å². The molecule has 0 aliphatic carbocycles. The third-order valence-electron chi connectivity index (χ3n) is 5.11. The summed E-state index contributed by atoms with van der Waals surface area (Å²) < 4.78 is 5.72. The molecule has 0 bridgehead atoms. The quantitative estimate of drug-likeness (QED) is 0.354. The van der Waals surface area contributed by atoms with Crippen LogP contribution in [0.5, 0.6) is 0 Å². The van der Waals surface area contributed by atoms with Crippen molar-refractivity contribution in [1.82, 2.24) is 9.99 Å². The number of rotatable bonds is 5. The summed E-state index contributed by atoms with van der Waals surface area (Å²) in [5, 5.41) is 7.34. The Hall–Kier alpha value is -3.09. The van der Waals surface area contributed by atoms with Gasteiger partial charge in [-0.15, -0.1) is 0 Å². The summed E-state index contributed by atoms with van der Waals surface area (Å²) in [5.74, 6) is 0.0835. The monoisotopic (exact) mass is 447 g/mol. The predicted molar refractivity (Wildman–Crippen MR) is 123 cm³/mol. The van der Waals surface area contributed by atoms with Crippen LogP contribution in [-0.2, 0) is 4.79 Å². The van der Waals surface area contributed by atoms with Crippen LogP contribution in [0.1, 0.15) is 23.6 Å². The number of benzene rings is 3. The first-order valence-electron chi connectivity index (χ1n) is 9.86. The van der Waals surface area contributed by atoms with Crippen LogP contribution >= 0.6 is 23.4 Å². The highest BCUT2D eigenvalue weighted by Crippen LogP contribution is 2.34. The second-order valence-corrected chi connectivity index (χ2v) is 8.53. The number of amides is 1. The van der Waals surface area contributed by atoms with Crippen LogP contribution in [-0.4, -0.2) is 27.4 Å². The number of halogens is 1. The Morgan fingerprint density at radius 1 is 1.06 bits per heavy atom. The number of nitrogens with zero attached hydrogens (tertiary/aromatic N) is 3. The number of oxazole rings is 1. The molecule has 0 saturated carbocycles. The van der Waals surface area contributed by atoms with E-state index in [1.165, 1.54) is 11.8 Å². The van der Waals surface area contributed by atoms with E-state index >= 15 is 0 Å². The molecule has 5 rings (SSSR count). The van der Waals surface area contributed by atoms with E-state index in [1.807, 2.05) is 60.7 Å². The molecule has 0 N–H and O–H groups in total. The highest BCUT2D eigenvalue weighted by atomic mass is 35.5. The lowest BCUT2D eigenvalue weighted by Gasteiger charge is -2.21. The van der Waals surface area contributed by atoms with E-state index in [4.69, 9.17) is 21.1 Å². The minimum atomic E-state index is -0.132. The molecular formula is C24H18ClN3O2S. The van der Waals surface area contributed by atoms with Crippen molar-refractivity contribution in [1.29, 1.82) is 0 Å². The summed E-state index contributed by atoms with van der Waals surface area (Å²) >= 11 is 7.28. The lowest BCUT2D eigenvalue weighted by Crippen LogP contribution is -2.28. The number of carbonyl (C=O) groups is 1. The van der Waals surface area contributed by atoms with Gasteiger partial charge in [-0.3, -0.25) is 4.79 Å². The standard InChI is InChI=1S/C24H18ClN3O2S/c25-18-11-12-22-20(13-18)26-24(30-22)31-15-23(29)28-21(17-9-5-2-6-10-17)14-19(27-28)16-7-3-1-4-8-16/h1-13,21H,14-15H2/t21-/m1/s1. The summed E-state index contributed by atoms with van der Waals surface area (Å²) in [5.41, 5.74) is 4.32. The third-order valence-corrected chi connectivity index (χ3v) is 6.15. The molecule has 31 heavy (non-hydrogen) atoms. The maximum Gasteiger partial charge on any atom is 0.257 e. The van der Waals surface area contributed by atoms with Crippen LogP contribution < -0.4 is 0 Å². The van der Waals surface area contributed by atoms with Crippen LogP contribution in [0.4, 0.5) is 0 Å². The average molecular weight is 448 g/mol. The van der Waals surface area contributed by atoms with Gasteiger partial charge in [-0.25, -0.2) is 9.99 Å². The van der Waals surface area contributed by atoms with Crippen LogP contribution in [0, 0.1) is 0 Å². The van der Waals surface area contributed by atoms with Gasteiger partial charge in [-0.1, -0.05) is 84.0 Å². The van der Waals surface area contributed by atoms with Gasteiger partial charge in [0, 0.05) is 11.4 Å². The zero-order valence-electron chi connectivity index (χ0n) is 16.4. The first-order chi connectivity index (χ1) is 15.2. The van der Waals surface area contributed by atoms with Crippen molar-refractivity contribution in [2.24, 2.45) is 5.10 Å². The second kappa shape index (κ2) is 8.57. The predicted octanol–water partition coefficient (Wildman–Crippen LogP) is 5.95. The van der Waals surface area contributed by atoms with Gasteiger partial charge < -0.3 is 4.42 Å². The van der Waals surface area contributed by atoms with Crippen molar-refractivity contribution in [3.05, 3.63) is 95.0 Å². The topological polar surface area (TPSA) is 58.7 Å². The molecule has 0 spiro atoms. The summed E-state index contributed by atoms with van der Waals surface area (Å²) in [6.45, 7) is 0. The number of hydrazone groups is 1. The summed E-state index contributed by atoms with van der Waals surface area (Å²) in [4.78, 5) is 17.6. The Balaban J connectivity index is 1.37. The van der Waals surface area contributed by atoms with Crippen LogP contribution in [0.15, 0.2) is 93.6 Å². The molecular weight excluding hydrogens is 430 g/mol. The first kappa shape index (κ1) is 19.8. The molecule has 4 aromatic rings. The molecule has 0 saturated heterocycles. The van der Waals surface area contributed by atoms with Gasteiger partial charge in [0.2, 0.25) is 0 Å².